The SMILES string of the molecule is c1ccc(-c2cccc3cccc(-c4ccc(N(c5ccccc5C5(c6ccccc6)c6ccccc6-c6ccccc65)c5cccc6sc7ccc8ccccc8c7c56)cc4)c23)cc1. The van der Waals surface area contributed by atoms with Gasteiger partial charge in [-0.3, -0.25) is 0 Å². The zero-order chi connectivity index (χ0) is 42.9. The normalized spacial score (nSPS) is 12.7. The Hall–Kier alpha value is -8.04. The fourth-order valence-corrected chi connectivity index (χ4v) is 12.2. The van der Waals surface area contributed by atoms with E-state index < -0.39 is 5.41 Å². The highest BCUT2D eigenvalue weighted by Crippen LogP contribution is 2.59. The molecule has 12 aromatic rings. The van der Waals surface area contributed by atoms with E-state index in [4.69, 9.17) is 0 Å². The first-order valence-corrected chi connectivity index (χ1v) is 23.2. The molecule has 0 N–H and O–H groups in total. The molecule has 2 heteroatoms. The molecule has 0 saturated heterocycles. The summed E-state index contributed by atoms with van der Waals surface area (Å²) < 4.78 is 2.56. The standard InChI is InChI=1S/C63H41NS/c1-3-18-42(19-4-1)48-28-15-21-45-22-16-29-49(60(45)48)44-36-39-47(40-37-44)64(57-34-17-35-58-62(57)61-50-25-8-7-20-43(50)38-41-59(61)65-58)56-33-14-13-32-55(56)63(46-23-5-2-6-24-46)53-30-11-9-26-51(53)52-27-10-12-31-54(52)63/h1-41H. The van der Waals surface area contributed by atoms with Gasteiger partial charge in [0.2, 0.25) is 0 Å². The van der Waals surface area contributed by atoms with Crippen molar-refractivity contribution in [2.45, 2.75) is 5.41 Å². The predicted octanol–water partition coefficient (Wildman–Crippen LogP) is 17.5. The molecule has 1 nitrogen and oxygen atoms in total. The molecular formula is C63H41NS. The molecule has 0 aliphatic heterocycles. The Balaban J connectivity index is 1.10. The van der Waals surface area contributed by atoms with Gasteiger partial charge in [-0.1, -0.05) is 212 Å². The van der Waals surface area contributed by atoms with Crippen molar-refractivity contribution in [3.05, 3.63) is 271 Å². The third kappa shape index (κ3) is 5.71. The van der Waals surface area contributed by atoms with Gasteiger partial charge in [0.25, 0.3) is 0 Å². The lowest BCUT2D eigenvalue weighted by atomic mass is 9.67. The van der Waals surface area contributed by atoms with Gasteiger partial charge < -0.3 is 4.90 Å². The van der Waals surface area contributed by atoms with Gasteiger partial charge in [-0.15, -0.1) is 11.3 Å². The van der Waals surface area contributed by atoms with Crippen LogP contribution in [-0.4, -0.2) is 0 Å². The number of thiophene rings is 1. The molecule has 13 rings (SSSR count). The van der Waals surface area contributed by atoms with Gasteiger partial charge >= 0.3 is 0 Å². The third-order valence-electron chi connectivity index (χ3n) is 13.7. The summed E-state index contributed by atoms with van der Waals surface area (Å²) in [4.78, 5) is 2.56. The number of para-hydroxylation sites is 1. The van der Waals surface area contributed by atoms with E-state index in [2.05, 4.69) is 254 Å². The van der Waals surface area contributed by atoms with E-state index in [0.717, 1.165) is 17.1 Å². The molecule has 0 fully saturated rings. The molecular weight excluding hydrogens is 803 g/mol. The second kappa shape index (κ2) is 15.1. The van der Waals surface area contributed by atoms with Crippen LogP contribution in [0, 0.1) is 0 Å². The van der Waals surface area contributed by atoms with Crippen molar-refractivity contribution in [3.63, 3.8) is 0 Å². The summed E-state index contributed by atoms with van der Waals surface area (Å²) in [5, 5.41) is 7.59. The molecule has 1 aromatic heterocycles. The lowest BCUT2D eigenvalue weighted by Gasteiger charge is -2.38. The molecule has 0 unspecified atom stereocenters. The first-order valence-electron chi connectivity index (χ1n) is 22.4. The number of benzene rings is 11. The monoisotopic (exact) mass is 843 g/mol. The van der Waals surface area contributed by atoms with Gasteiger partial charge in [0.05, 0.1) is 16.8 Å². The fourth-order valence-electron chi connectivity index (χ4n) is 11.1. The number of hydrogen-bond acceptors (Lipinski definition) is 2. The maximum Gasteiger partial charge on any atom is 0.0733 e. The Morgan fingerprint density at radius 3 is 1.55 bits per heavy atom. The molecule has 0 atom stereocenters. The van der Waals surface area contributed by atoms with Crippen molar-refractivity contribution < 1.29 is 0 Å². The highest BCUT2D eigenvalue weighted by Gasteiger charge is 2.47. The van der Waals surface area contributed by atoms with E-state index in [1.807, 2.05) is 11.3 Å². The van der Waals surface area contributed by atoms with Crippen molar-refractivity contribution in [1.82, 2.24) is 0 Å². The molecule has 1 aliphatic carbocycles. The molecule has 0 radical (unpaired) electrons. The summed E-state index contributed by atoms with van der Waals surface area (Å²) in [6, 6.07) is 92.2. The molecule has 0 spiro atoms. The second-order valence-electron chi connectivity index (χ2n) is 17.1. The van der Waals surface area contributed by atoms with E-state index in [1.54, 1.807) is 0 Å². The molecule has 1 aliphatic rings. The minimum atomic E-state index is -0.600. The number of fused-ring (bicyclic) bond motifs is 9. The maximum absolute atomic E-state index is 2.56. The Morgan fingerprint density at radius 1 is 0.308 bits per heavy atom. The maximum atomic E-state index is 2.56. The summed E-state index contributed by atoms with van der Waals surface area (Å²) in [6.07, 6.45) is 0. The number of hydrogen-bond donors (Lipinski definition) is 0. The average Bonchev–Trinajstić information content (AvgIpc) is 3.92. The third-order valence-corrected chi connectivity index (χ3v) is 14.9. The first-order chi connectivity index (χ1) is 32.3. The van der Waals surface area contributed by atoms with E-state index in [-0.39, 0.29) is 0 Å². The summed E-state index contributed by atoms with van der Waals surface area (Å²) >= 11 is 1.88. The smallest absolute Gasteiger partial charge is 0.0733 e. The van der Waals surface area contributed by atoms with Crippen molar-refractivity contribution in [1.29, 1.82) is 0 Å². The van der Waals surface area contributed by atoms with Crippen LogP contribution in [0.5, 0.6) is 0 Å². The molecule has 0 saturated carbocycles. The first kappa shape index (κ1) is 37.5. The molecule has 11 aromatic carbocycles. The quantitative estimate of drug-likeness (QED) is 0.154. The van der Waals surface area contributed by atoms with Crippen LogP contribution in [0.15, 0.2) is 249 Å². The lowest BCUT2D eigenvalue weighted by Crippen LogP contribution is -2.30. The summed E-state index contributed by atoms with van der Waals surface area (Å²) in [7, 11) is 0. The van der Waals surface area contributed by atoms with Crippen molar-refractivity contribution in [2.24, 2.45) is 0 Å². The molecule has 0 amide bonds. The largest absolute Gasteiger partial charge is 0.309 e. The lowest BCUT2D eigenvalue weighted by molar-refractivity contribution is 0.768. The van der Waals surface area contributed by atoms with E-state index in [9.17, 15) is 0 Å². The Kier molecular flexibility index (Phi) is 8.69. The van der Waals surface area contributed by atoms with Gasteiger partial charge in [0.1, 0.15) is 0 Å². The summed E-state index contributed by atoms with van der Waals surface area (Å²) in [6.45, 7) is 0. The van der Waals surface area contributed by atoms with Crippen LogP contribution in [0.3, 0.4) is 0 Å². The van der Waals surface area contributed by atoms with Crippen LogP contribution in [0.1, 0.15) is 22.3 Å². The van der Waals surface area contributed by atoms with Gasteiger partial charge in [-0.2, -0.15) is 0 Å². The van der Waals surface area contributed by atoms with Gasteiger partial charge in [-0.25, -0.2) is 0 Å². The van der Waals surface area contributed by atoms with Crippen LogP contribution in [0.2, 0.25) is 0 Å². The van der Waals surface area contributed by atoms with E-state index >= 15 is 0 Å². The van der Waals surface area contributed by atoms with Crippen LogP contribution in [-0.2, 0) is 5.41 Å². The minimum absolute atomic E-state index is 0.600. The number of nitrogens with zero attached hydrogens (tertiary/aromatic N) is 1. The zero-order valence-corrected chi connectivity index (χ0v) is 36.3. The number of rotatable bonds is 7. The van der Waals surface area contributed by atoms with Gasteiger partial charge in [0.15, 0.2) is 0 Å². The summed E-state index contributed by atoms with van der Waals surface area (Å²) in [5.74, 6) is 0. The van der Waals surface area contributed by atoms with Crippen LogP contribution in [0.25, 0.3) is 75.1 Å². The summed E-state index contributed by atoms with van der Waals surface area (Å²) in [5.41, 5.74) is 15.3. The Bertz CT molecular complexity index is 3720. The van der Waals surface area contributed by atoms with Crippen LogP contribution >= 0.6 is 11.3 Å². The van der Waals surface area contributed by atoms with E-state index in [1.165, 1.54) is 97.4 Å². The second-order valence-corrected chi connectivity index (χ2v) is 18.2. The van der Waals surface area contributed by atoms with Crippen molar-refractivity contribution in [2.75, 3.05) is 4.90 Å². The molecule has 0 bridgehead atoms. The van der Waals surface area contributed by atoms with Crippen molar-refractivity contribution in [3.8, 4) is 33.4 Å². The highest BCUT2D eigenvalue weighted by atomic mass is 32.1. The zero-order valence-electron chi connectivity index (χ0n) is 35.5. The topological polar surface area (TPSA) is 3.24 Å². The van der Waals surface area contributed by atoms with Crippen molar-refractivity contribution >= 4 is 70.1 Å². The Labute approximate surface area is 382 Å². The fraction of sp³-hybridized carbons (Fsp3) is 0.0159. The average molecular weight is 844 g/mol. The van der Waals surface area contributed by atoms with Crippen LogP contribution in [0.4, 0.5) is 17.1 Å². The van der Waals surface area contributed by atoms with E-state index in [0.29, 0.717) is 0 Å². The molecule has 65 heavy (non-hydrogen) atoms. The highest BCUT2D eigenvalue weighted by molar-refractivity contribution is 7.26. The predicted molar refractivity (Wildman–Crippen MR) is 277 cm³/mol. The Morgan fingerprint density at radius 2 is 0.831 bits per heavy atom. The van der Waals surface area contributed by atoms with Crippen LogP contribution < -0.4 is 4.90 Å². The van der Waals surface area contributed by atoms with Gasteiger partial charge in [-0.05, 0) is 114 Å². The minimum Gasteiger partial charge on any atom is -0.309 e. The number of anilines is 3. The molecule has 1 heterocycles. The van der Waals surface area contributed by atoms with Gasteiger partial charge in [0, 0.05) is 25.9 Å². The molecule has 304 valence electrons.